The Balaban J connectivity index is 1.80. The normalized spacial score (nSPS) is 15.4. The summed E-state index contributed by atoms with van der Waals surface area (Å²) in [5.74, 6) is -2.03. The van der Waals surface area contributed by atoms with Gasteiger partial charge in [0.05, 0.1) is 10.8 Å². The molecule has 0 aliphatic heterocycles. The van der Waals surface area contributed by atoms with Gasteiger partial charge in [-0.25, -0.2) is 17.2 Å². The van der Waals surface area contributed by atoms with Crippen molar-refractivity contribution in [3.05, 3.63) is 59.2 Å². The molecule has 0 heterocycles. The first-order chi connectivity index (χ1) is 13.3. The van der Waals surface area contributed by atoms with E-state index in [1.807, 2.05) is 0 Å². The van der Waals surface area contributed by atoms with E-state index in [4.69, 9.17) is 0 Å². The minimum atomic E-state index is -3.72. The van der Waals surface area contributed by atoms with E-state index < -0.39 is 32.8 Å². The van der Waals surface area contributed by atoms with Crippen LogP contribution in [0.3, 0.4) is 0 Å². The number of carbonyl (C=O) groups excluding carboxylic acids is 1. The largest absolute Gasteiger partial charge is 0.274 e. The van der Waals surface area contributed by atoms with Crippen LogP contribution in [0.25, 0.3) is 11.1 Å². The van der Waals surface area contributed by atoms with E-state index in [2.05, 4.69) is 10.3 Å². The summed E-state index contributed by atoms with van der Waals surface area (Å²) in [5, 5.41) is -0.557. The highest BCUT2D eigenvalue weighted by atomic mass is 32.2. The summed E-state index contributed by atoms with van der Waals surface area (Å²) in [6.45, 7) is 1.51. The van der Waals surface area contributed by atoms with Crippen LogP contribution in [0.1, 0.15) is 48.0 Å². The van der Waals surface area contributed by atoms with Crippen LogP contribution < -0.4 is 10.3 Å². The van der Waals surface area contributed by atoms with Crippen molar-refractivity contribution < 1.29 is 22.0 Å². The van der Waals surface area contributed by atoms with Gasteiger partial charge in [0.25, 0.3) is 5.91 Å². The second-order valence-electron chi connectivity index (χ2n) is 7.02. The summed E-state index contributed by atoms with van der Waals surface area (Å²) in [5.41, 5.74) is 3.19. The average Bonchev–Trinajstić information content (AvgIpc) is 2.69. The summed E-state index contributed by atoms with van der Waals surface area (Å²) in [7, 11) is -3.72. The first kappa shape index (κ1) is 20.4. The molecule has 2 N–H and O–H groups in total. The van der Waals surface area contributed by atoms with Crippen LogP contribution in [0.4, 0.5) is 8.78 Å². The minimum absolute atomic E-state index is 0.224. The Bertz CT molecular complexity index is 970. The van der Waals surface area contributed by atoms with Crippen molar-refractivity contribution in [2.45, 2.75) is 44.3 Å². The van der Waals surface area contributed by atoms with E-state index in [-0.39, 0.29) is 11.1 Å². The molecule has 1 aliphatic carbocycles. The number of benzene rings is 2. The quantitative estimate of drug-likeness (QED) is 0.738. The number of aryl methyl sites for hydroxylation is 1. The van der Waals surface area contributed by atoms with E-state index in [1.165, 1.54) is 37.3 Å². The summed E-state index contributed by atoms with van der Waals surface area (Å²) in [6.07, 6.45) is 3.73. The van der Waals surface area contributed by atoms with Crippen LogP contribution in [0, 0.1) is 18.6 Å². The molecule has 0 saturated heterocycles. The number of amides is 1. The topological polar surface area (TPSA) is 75.3 Å². The SMILES string of the molecule is Cc1cc(-c2ccc(F)cc2)cc(C(=O)NNS(=O)(=O)C2CCCCC2)c1F. The lowest BCUT2D eigenvalue weighted by atomic mass is 9.99. The van der Waals surface area contributed by atoms with Gasteiger partial charge < -0.3 is 0 Å². The maximum absolute atomic E-state index is 14.5. The van der Waals surface area contributed by atoms with E-state index >= 15 is 0 Å². The molecule has 0 aromatic heterocycles. The second kappa shape index (κ2) is 8.36. The zero-order valence-electron chi connectivity index (χ0n) is 15.5. The van der Waals surface area contributed by atoms with Crippen LogP contribution >= 0.6 is 0 Å². The Kier molecular flexibility index (Phi) is 6.10. The summed E-state index contributed by atoms with van der Waals surface area (Å²) >= 11 is 0. The Morgan fingerprint density at radius 3 is 2.29 bits per heavy atom. The molecule has 1 amide bonds. The standard InChI is InChI=1S/C20H22F2N2O3S/c1-13-11-15(14-7-9-16(21)10-8-14)12-18(19(13)22)20(25)23-24-28(26,27)17-5-3-2-4-6-17/h7-12,17,24H,2-6H2,1H3,(H,23,25). The molecule has 5 nitrogen and oxygen atoms in total. The fourth-order valence-electron chi connectivity index (χ4n) is 3.39. The summed E-state index contributed by atoms with van der Waals surface area (Å²) in [4.78, 5) is 14.5. The van der Waals surface area contributed by atoms with Gasteiger partial charge in [0.1, 0.15) is 11.6 Å². The molecular formula is C20H22F2N2O3S. The lowest BCUT2D eigenvalue weighted by molar-refractivity contribution is 0.0940. The van der Waals surface area contributed by atoms with Gasteiger partial charge in [-0.3, -0.25) is 10.2 Å². The predicted octanol–water partition coefficient (Wildman–Crippen LogP) is 3.84. The van der Waals surface area contributed by atoms with E-state index in [0.29, 0.717) is 24.0 Å². The molecule has 1 aliphatic rings. The average molecular weight is 408 g/mol. The molecular weight excluding hydrogens is 386 g/mol. The molecule has 28 heavy (non-hydrogen) atoms. The molecule has 2 aromatic rings. The van der Waals surface area contributed by atoms with Gasteiger partial charge in [-0.05, 0) is 60.7 Å². The molecule has 2 aromatic carbocycles. The Labute approximate surface area is 163 Å². The monoisotopic (exact) mass is 408 g/mol. The zero-order chi connectivity index (χ0) is 20.3. The van der Waals surface area contributed by atoms with Crippen molar-refractivity contribution in [2.24, 2.45) is 0 Å². The molecule has 150 valence electrons. The van der Waals surface area contributed by atoms with Crippen molar-refractivity contribution >= 4 is 15.9 Å². The minimum Gasteiger partial charge on any atom is -0.274 e. The van der Waals surface area contributed by atoms with Crippen molar-refractivity contribution in [2.75, 3.05) is 0 Å². The van der Waals surface area contributed by atoms with Gasteiger partial charge >= 0.3 is 0 Å². The van der Waals surface area contributed by atoms with E-state index in [1.54, 1.807) is 6.07 Å². The maximum atomic E-state index is 14.5. The van der Waals surface area contributed by atoms with Crippen molar-refractivity contribution in [3.63, 3.8) is 0 Å². The molecule has 1 saturated carbocycles. The van der Waals surface area contributed by atoms with Gasteiger partial charge in [0, 0.05) is 0 Å². The van der Waals surface area contributed by atoms with E-state index in [0.717, 1.165) is 19.3 Å². The molecule has 0 bridgehead atoms. The van der Waals surface area contributed by atoms with Gasteiger partial charge in [-0.2, -0.15) is 0 Å². The Hall–Kier alpha value is -2.32. The lowest BCUT2D eigenvalue weighted by Crippen LogP contribution is -2.46. The molecule has 0 unspecified atom stereocenters. The molecule has 0 spiro atoms. The fraction of sp³-hybridized carbons (Fsp3) is 0.350. The highest BCUT2D eigenvalue weighted by Gasteiger charge is 2.28. The third kappa shape index (κ3) is 4.56. The molecule has 1 fully saturated rings. The number of rotatable bonds is 5. The highest BCUT2D eigenvalue weighted by Crippen LogP contribution is 2.26. The van der Waals surface area contributed by atoms with Crippen molar-refractivity contribution in [1.29, 1.82) is 0 Å². The number of hydrazine groups is 1. The maximum Gasteiger partial charge on any atom is 0.269 e. The van der Waals surface area contributed by atoms with Crippen LogP contribution in [0.5, 0.6) is 0 Å². The number of hydrogen-bond acceptors (Lipinski definition) is 3. The summed E-state index contributed by atoms with van der Waals surface area (Å²) < 4.78 is 52.3. The highest BCUT2D eigenvalue weighted by molar-refractivity contribution is 7.90. The molecule has 0 atom stereocenters. The third-order valence-corrected chi connectivity index (χ3v) is 6.71. The zero-order valence-corrected chi connectivity index (χ0v) is 16.3. The molecule has 0 radical (unpaired) electrons. The summed E-state index contributed by atoms with van der Waals surface area (Å²) in [6, 6.07) is 8.45. The number of carbonyl (C=O) groups is 1. The Morgan fingerprint density at radius 2 is 1.64 bits per heavy atom. The second-order valence-corrected chi connectivity index (χ2v) is 8.98. The molecule has 3 rings (SSSR count). The first-order valence-electron chi connectivity index (χ1n) is 9.15. The fourth-order valence-corrected chi connectivity index (χ4v) is 4.74. The van der Waals surface area contributed by atoms with E-state index in [9.17, 15) is 22.0 Å². The lowest BCUT2D eigenvalue weighted by Gasteiger charge is -2.22. The van der Waals surface area contributed by atoms with Crippen molar-refractivity contribution in [3.8, 4) is 11.1 Å². The van der Waals surface area contributed by atoms with Crippen LogP contribution in [0.15, 0.2) is 36.4 Å². The number of nitrogens with one attached hydrogen (secondary N) is 2. The molecule has 8 heteroatoms. The van der Waals surface area contributed by atoms with Crippen LogP contribution in [0.2, 0.25) is 0 Å². The van der Waals surface area contributed by atoms with Crippen LogP contribution in [-0.2, 0) is 10.0 Å². The van der Waals surface area contributed by atoms with Gasteiger partial charge in [-0.1, -0.05) is 31.4 Å². The smallest absolute Gasteiger partial charge is 0.269 e. The van der Waals surface area contributed by atoms with Crippen molar-refractivity contribution in [1.82, 2.24) is 10.3 Å². The predicted molar refractivity (Wildman–Crippen MR) is 103 cm³/mol. The third-order valence-electron chi connectivity index (χ3n) is 4.97. The van der Waals surface area contributed by atoms with Gasteiger partial charge in [0.2, 0.25) is 10.0 Å². The van der Waals surface area contributed by atoms with Crippen LogP contribution in [-0.4, -0.2) is 19.6 Å². The number of sulfonamides is 1. The van der Waals surface area contributed by atoms with Gasteiger partial charge in [-0.15, -0.1) is 4.83 Å². The number of hydrogen-bond donors (Lipinski definition) is 2. The van der Waals surface area contributed by atoms with Gasteiger partial charge in [0.15, 0.2) is 0 Å². The Morgan fingerprint density at radius 1 is 1.00 bits per heavy atom. The first-order valence-corrected chi connectivity index (χ1v) is 10.7. The number of halogens is 2.